The van der Waals surface area contributed by atoms with Gasteiger partial charge >= 0.3 is 0 Å². The normalized spacial score (nSPS) is 17.6. The van der Waals surface area contributed by atoms with Gasteiger partial charge in [-0.15, -0.1) is 0 Å². The topological polar surface area (TPSA) is 76.7 Å². The highest BCUT2D eigenvalue weighted by atomic mass is 79.9. The molecule has 1 aliphatic rings. The average molecular weight is 371 g/mol. The van der Waals surface area contributed by atoms with Crippen molar-refractivity contribution in [3.63, 3.8) is 0 Å². The first-order valence-electron chi connectivity index (χ1n) is 7.15. The Kier molecular flexibility index (Phi) is 5.65. The molecular formula is C15H19BrN2O4. The van der Waals surface area contributed by atoms with Crippen LogP contribution >= 0.6 is 15.9 Å². The van der Waals surface area contributed by atoms with Gasteiger partial charge in [0.1, 0.15) is 6.04 Å². The number of rotatable bonds is 5. The van der Waals surface area contributed by atoms with E-state index in [-0.39, 0.29) is 11.8 Å². The maximum absolute atomic E-state index is 12.3. The standard InChI is InChI=1S/C15H19BrN2O4/c1-3-22-13-10(16)7-9(8-12(13)21-2)14(19)18-11-5-4-6-17-15(11)20/h7-8,11H,3-6H2,1-2H3,(H,17,20)(H,18,19). The van der Waals surface area contributed by atoms with E-state index in [1.54, 1.807) is 12.1 Å². The molecule has 1 aromatic rings. The molecule has 0 aromatic heterocycles. The first-order chi connectivity index (χ1) is 10.6. The minimum Gasteiger partial charge on any atom is -0.493 e. The summed E-state index contributed by atoms with van der Waals surface area (Å²) in [6, 6.07) is 2.77. The molecule has 7 heteroatoms. The summed E-state index contributed by atoms with van der Waals surface area (Å²) < 4.78 is 11.4. The van der Waals surface area contributed by atoms with Crippen molar-refractivity contribution in [1.82, 2.24) is 10.6 Å². The summed E-state index contributed by atoms with van der Waals surface area (Å²) in [5, 5.41) is 5.49. The Balaban J connectivity index is 2.19. The third-order valence-electron chi connectivity index (χ3n) is 3.37. The van der Waals surface area contributed by atoms with E-state index in [0.29, 0.717) is 41.1 Å². The Labute approximate surface area is 137 Å². The molecule has 1 unspecified atom stereocenters. The molecule has 22 heavy (non-hydrogen) atoms. The fourth-order valence-electron chi connectivity index (χ4n) is 2.29. The minimum absolute atomic E-state index is 0.142. The molecule has 120 valence electrons. The molecule has 1 fully saturated rings. The van der Waals surface area contributed by atoms with Gasteiger partial charge in [-0.3, -0.25) is 9.59 Å². The Morgan fingerprint density at radius 2 is 2.27 bits per heavy atom. The van der Waals surface area contributed by atoms with Crippen molar-refractivity contribution < 1.29 is 19.1 Å². The number of carbonyl (C=O) groups excluding carboxylic acids is 2. The SMILES string of the molecule is CCOc1c(Br)cc(C(=O)NC2CCCNC2=O)cc1OC. The molecule has 1 atom stereocenters. The molecule has 1 heterocycles. The first-order valence-corrected chi connectivity index (χ1v) is 7.95. The lowest BCUT2D eigenvalue weighted by Crippen LogP contribution is -2.50. The lowest BCUT2D eigenvalue weighted by molar-refractivity contribution is -0.124. The molecule has 0 saturated carbocycles. The highest BCUT2D eigenvalue weighted by molar-refractivity contribution is 9.10. The maximum atomic E-state index is 12.3. The summed E-state index contributed by atoms with van der Waals surface area (Å²) in [5.74, 6) is 0.562. The van der Waals surface area contributed by atoms with Crippen molar-refractivity contribution in [3.8, 4) is 11.5 Å². The monoisotopic (exact) mass is 370 g/mol. The van der Waals surface area contributed by atoms with Crippen LogP contribution in [-0.4, -0.2) is 38.1 Å². The number of amides is 2. The number of carbonyl (C=O) groups is 2. The third kappa shape index (κ3) is 3.71. The Morgan fingerprint density at radius 3 is 2.91 bits per heavy atom. The fraction of sp³-hybridized carbons (Fsp3) is 0.467. The van der Waals surface area contributed by atoms with Gasteiger partial charge in [0.2, 0.25) is 5.91 Å². The zero-order valence-electron chi connectivity index (χ0n) is 12.6. The number of nitrogens with one attached hydrogen (secondary N) is 2. The smallest absolute Gasteiger partial charge is 0.252 e. The van der Waals surface area contributed by atoms with E-state index in [1.807, 2.05) is 6.92 Å². The van der Waals surface area contributed by atoms with Crippen LogP contribution in [0.25, 0.3) is 0 Å². The highest BCUT2D eigenvalue weighted by Gasteiger charge is 2.25. The van der Waals surface area contributed by atoms with Gasteiger partial charge in [0.25, 0.3) is 5.91 Å². The van der Waals surface area contributed by atoms with Crippen LogP contribution in [0.1, 0.15) is 30.1 Å². The van der Waals surface area contributed by atoms with Crippen LogP contribution in [0.4, 0.5) is 0 Å². The first kappa shape index (κ1) is 16.6. The van der Waals surface area contributed by atoms with E-state index in [0.717, 1.165) is 6.42 Å². The molecule has 2 amide bonds. The average Bonchev–Trinajstić information content (AvgIpc) is 2.51. The van der Waals surface area contributed by atoms with Crippen LogP contribution in [0.5, 0.6) is 11.5 Å². The Bertz CT molecular complexity index is 577. The Hall–Kier alpha value is -1.76. The van der Waals surface area contributed by atoms with Crippen LogP contribution in [0, 0.1) is 0 Å². The van der Waals surface area contributed by atoms with E-state index < -0.39 is 6.04 Å². The predicted octanol–water partition coefficient (Wildman–Crippen LogP) is 1.86. The summed E-state index contributed by atoms with van der Waals surface area (Å²) in [7, 11) is 1.51. The minimum atomic E-state index is -0.488. The number of hydrogen-bond acceptors (Lipinski definition) is 4. The summed E-state index contributed by atoms with van der Waals surface area (Å²) in [4.78, 5) is 24.1. The maximum Gasteiger partial charge on any atom is 0.252 e. The second kappa shape index (κ2) is 7.49. The lowest BCUT2D eigenvalue weighted by Gasteiger charge is -2.23. The summed E-state index contributed by atoms with van der Waals surface area (Å²) >= 11 is 3.38. The van der Waals surface area contributed by atoms with Gasteiger partial charge in [0.15, 0.2) is 11.5 Å². The van der Waals surface area contributed by atoms with E-state index in [2.05, 4.69) is 26.6 Å². The summed E-state index contributed by atoms with van der Waals surface area (Å²) in [6.45, 7) is 3.02. The zero-order valence-corrected chi connectivity index (χ0v) is 14.2. The molecule has 1 aliphatic heterocycles. The number of ether oxygens (including phenoxy) is 2. The molecule has 1 saturated heterocycles. The van der Waals surface area contributed by atoms with Crippen molar-refractivity contribution in [2.75, 3.05) is 20.3 Å². The van der Waals surface area contributed by atoms with Crippen molar-refractivity contribution in [1.29, 1.82) is 0 Å². The highest BCUT2D eigenvalue weighted by Crippen LogP contribution is 2.36. The number of piperidine rings is 1. The van der Waals surface area contributed by atoms with E-state index >= 15 is 0 Å². The lowest BCUT2D eigenvalue weighted by atomic mass is 10.1. The second-order valence-electron chi connectivity index (χ2n) is 4.88. The number of halogens is 1. The van der Waals surface area contributed by atoms with Gasteiger partial charge in [-0.05, 0) is 47.8 Å². The Morgan fingerprint density at radius 1 is 1.50 bits per heavy atom. The van der Waals surface area contributed by atoms with Crippen LogP contribution in [-0.2, 0) is 4.79 Å². The van der Waals surface area contributed by atoms with Gasteiger partial charge in [0, 0.05) is 12.1 Å². The molecule has 0 spiro atoms. The van der Waals surface area contributed by atoms with E-state index in [1.165, 1.54) is 7.11 Å². The number of hydrogen-bond donors (Lipinski definition) is 2. The molecule has 0 aliphatic carbocycles. The molecule has 2 rings (SSSR count). The van der Waals surface area contributed by atoms with Gasteiger partial charge in [-0.25, -0.2) is 0 Å². The van der Waals surface area contributed by atoms with Crippen LogP contribution in [0.2, 0.25) is 0 Å². The van der Waals surface area contributed by atoms with Crippen molar-refractivity contribution >= 4 is 27.7 Å². The molecule has 2 N–H and O–H groups in total. The van der Waals surface area contributed by atoms with Crippen molar-refractivity contribution in [2.45, 2.75) is 25.8 Å². The number of methoxy groups -OCH3 is 1. The number of benzene rings is 1. The van der Waals surface area contributed by atoms with Crippen LogP contribution < -0.4 is 20.1 Å². The fourth-order valence-corrected chi connectivity index (χ4v) is 2.84. The molecule has 0 bridgehead atoms. The largest absolute Gasteiger partial charge is 0.493 e. The quantitative estimate of drug-likeness (QED) is 0.829. The zero-order chi connectivity index (χ0) is 16.1. The van der Waals surface area contributed by atoms with Crippen molar-refractivity contribution in [3.05, 3.63) is 22.2 Å². The van der Waals surface area contributed by atoms with E-state index in [4.69, 9.17) is 9.47 Å². The second-order valence-corrected chi connectivity index (χ2v) is 5.74. The van der Waals surface area contributed by atoms with Gasteiger partial charge < -0.3 is 20.1 Å². The summed E-state index contributed by atoms with van der Waals surface area (Å²) in [5.41, 5.74) is 0.408. The van der Waals surface area contributed by atoms with Crippen molar-refractivity contribution in [2.24, 2.45) is 0 Å². The third-order valence-corrected chi connectivity index (χ3v) is 3.96. The van der Waals surface area contributed by atoms with Crippen LogP contribution in [0.3, 0.4) is 0 Å². The van der Waals surface area contributed by atoms with Gasteiger partial charge in [0.05, 0.1) is 18.2 Å². The molecule has 6 nitrogen and oxygen atoms in total. The predicted molar refractivity (Wildman–Crippen MR) is 85.4 cm³/mol. The van der Waals surface area contributed by atoms with Gasteiger partial charge in [-0.1, -0.05) is 0 Å². The molecule has 0 radical (unpaired) electrons. The molecular weight excluding hydrogens is 352 g/mol. The summed E-state index contributed by atoms with van der Waals surface area (Å²) in [6.07, 6.45) is 1.50. The molecule has 1 aromatic carbocycles. The van der Waals surface area contributed by atoms with Crippen LogP contribution in [0.15, 0.2) is 16.6 Å². The van der Waals surface area contributed by atoms with Gasteiger partial charge in [-0.2, -0.15) is 0 Å². The van der Waals surface area contributed by atoms with E-state index in [9.17, 15) is 9.59 Å².